The van der Waals surface area contributed by atoms with Gasteiger partial charge in [-0.3, -0.25) is 4.98 Å². The average molecular weight is 251 g/mol. The number of nitrogens with two attached hydrogens (primary N) is 1. The molecule has 1 unspecified atom stereocenters. The molecule has 0 saturated heterocycles. The number of nitrogens with zero attached hydrogens (tertiary/aromatic N) is 2. The van der Waals surface area contributed by atoms with Crippen LogP contribution in [0.1, 0.15) is 38.9 Å². The molecule has 4 nitrogen and oxygen atoms in total. The molecule has 0 aliphatic carbocycles. The van der Waals surface area contributed by atoms with Gasteiger partial charge < -0.3 is 15.4 Å². The fourth-order valence-corrected chi connectivity index (χ4v) is 2.08. The Morgan fingerprint density at radius 1 is 1.39 bits per heavy atom. The van der Waals surface area contributed by atoms with Crippen molar-refractivity contribution in [3.8, 4) is 0 Å². The molecular weight excluding hydrogens is 226 g/mol. The number of aromatic nitrogens is 1. The molecule has 0 aliphatic rings. The predicted molar refractivity (Wildman–Crippen MR) is 75.8 cm³/mol. The van der Waals surface area contributed by atoms with Gasteiger partial charge >= 0.3 is 0 Å². The SMILES string of the molecule is CC[C@H](N)c1ccc(N(CC)C(C)COC)cn1. The zero-order chi connectivity index (χ0) is 13.5. The van der Waals surface area contributed by atoms with Crippen molar-refractivity contribution in [2.75, 3.05) is 25.2 Å². The van der Waals surface area contributed by atoms with Gasteiger partial charge in [-0.2, -0.15) is 0 Å². The fraction of sp³-hybridized carbons (Fsp3) is 0.643. The lowest BCUT2D eigenvalue weighted by molar-refractivity contribution is 0.182. The number of methoxy groups -OCH3 is 1. The third kappa shape index (κ3) is 3.68. The van der Waals surface area contributed by atoms with E-state index in [2.05, 4.69) is 36.7 Å². The molecule has 0 amide bonds. The molecule has 1 heterocycles. The highest BCUT2D eigenvalue weighted by atomic mass is 16.5. The Kier molecular flexibility index (Phi) is 6.09. The van der Waals surface area contributed by atoms with Crippen molar-refractivity contribution in [2.24, 2.45) is 5.73 Å². The summed E-state index contributed by atoms with van der Waals surface area (Å²) in [5, 5.41) is 0. The first-order valence-corrected chi connectivity index (χ1v) is 6.61. The summed E-state index contributed by atoms with van der Waals surface area (Å²) in [5.41, 5.74) is 8.04. The van der Waals surface area contributed by atoms with Crippen LogP contribution >= 0.6 is 0 Å². The minimum atomic E-state index is 0.0329. The third-order valence-electron chi connectivity index (χ3n) is 3.20. The van der Waals surface area contributed by atoms with Gasteiger partial charge in [0, 0.05) is 25.7 Å². The van der Waals surface area contributed by atoms with Crippen molar-refractivity contribution in [1.82, 2.24) is 4.98 Å². The summed E-state index contributed by atoms with van der Waals surface area (Å²) in [4.78, 5) is 6.73. The maximum Gasteiger partial charge on any atom is 0.0663 e. The summed E-state index contributed by atoms with van der Waals surface area (Å²) in [5.74, 6) is 0. The smallest absolute Gasteiger partial charge is 0.0663 e. The first kappa shape index (κ1) is 14.9. The van der Waals surface area contributed by atoms with Crippen LogP contribution in [-0.4, -0.2) is 31.3 Å². The van der Waals surface area contributed by atoms with Gasteiger partial charge in [0.05, 0.1) is 24.2 Å². The van der Waals surface area contributed by atoms with Crippen LogP contribution in [0.3, 0.4) is 0 Å². The van der Waals surface area contributed by atoms with E-state index in [0.717, 1.165) is 24.3 Å². The maximum absolute atomic E-state index is 5.96. The highest BCUT2D eigenvalue weighted by Gasteiger charge is 2.13. The van der Waals surface area contributed by atoms with Crippen molar-refractivity contribution in [3.63, 3.8) is 0 Å². The van der Waals surface area contributed by atoms with Gasteiger partial charge in [0.2, 0.25) is 0 Å². The number of pyridine rings is 1. The molecule has 0 bridgehead atoms. The van der Waals surface area contributed by atoms with Gasteiger partial charge in [-0.15, -0.1) is 0 Å². The van der Waals surface area contributed by atoms with E-state index in [4.69, 9.17) is 10.5 Å². The highest BCUT2D eigenvalue weighted by Crippen LogP contribution is 2.19. The number of rotatable bonds is 7. The molecule has 18 heavy (non-hydrogen) atoms. The van der Waals surface area contributed by atoms with Crippen LogP contribution in [0.15, 0.2) is 18.3 Å². The summed E-state index contributed by atoms with van der Waals surface area (Å²) in [6, 6.07) is 4.48. The number of anilines is 1. The summed E-state index contributed by atoms with van der Waals surface area (Å²) in [7, 11) is 1.73. The van der Waals surface area contributed by atoms with E-state index in [-0.39, 0.29) is 6.04 Å². The van der Waals surface area contributed by atoms with Gasteiger partial charge in [0.25, 0.3) is 0 Å². The van der Waals surface area contributed by atoms with Gasteiger partial charge in [0.15, 0.2) is 0 Å². The quantitative estimate of drug-likeness (QED) is 0.808. The first-order valence-electron chi connectivity index (χ1n) is 6.61. The second-order valence-electron chi connectivity index (χ2n) is 4.55. The first-order chi connectivity index (χ1) is 8.63. The zero-order valence-electron chi connectivity index (χ0n) is 11.9. The molecule has 1 aromatic heterocycles. The Bertz CT molecular complexity index is 339. The van der Waals surface area contributed by atoms with Crippen molar-refractivity contribution in [2.45, 2.75) is 39.3 Å². The average Bonchev–Trinajstić information content (AvgIpc) is 2.40. The maximum atomic E-state index is 5.96. The molecule has 0 radical (unpaired) electrons. The molecule has 0 fully saturated rings. The van der Waals surface area contributed by atoms with Crippen LogP contribution in [-0.2, 0) is 4.74 Å². The minimum absolute atomic E-state index is 0.0329. The molecule has 2 N–H and O–H groups in total. The van der Waals surface area contributed by atoms with Crippen LogP contribution in [0.4, 0.5) is 5.69 Å². The van der Waals surface area contributed by atoms with E-state index in [9.17, 15) is 0 Å². The molecule has 0 aromatic carbocycles. The number of hydrogen-bond acceptors (Lipinski definition) is 4. The lowest BCUT2D eigenvalue weighted by Gasteiger charge is -2.29. The van der Waals surface area contributed by atoms with E-state index in [1.807, 2.05) is 12.3 Å². The lowest BCUT2D eigenvalue weighted by Crippen LogP contribution is -2.36. The van der Waals surface area contributed by atoms with Crippen molar-refractivity contribution < 1.29 is 4.74 Å². The number of hydrogen-bond donors (Lipinski definition) is 1. The summed E-state index contributed by atoms with van der Waals surface area (Å²) >= 11 is 0. The van der Waals surface area contributed by atoms with E-state index in [1.165, 1.54) is 0 Å². The Hall–Kier alpha value is -1.13. The molecular formula is C14H25N3O. The molecule has 0 saturated carbocycles. The van der Waals surface area contributed by atoms with Crippen LogP contribution in [0, 0.1) is 0 Å². The van der Waals surface area contributed by atoms with Gasteiger partial charge in [-0.25, -0.2) is 0 Å². The molecule has 4 heteroatoms. The second kappa shape index (κ2) is 7.34. The van der Waals surface area contributed by atoms with Crippen LogP contribution in [0.25, 0.3) is 0 Å². The Morgan fingerprint density at radius 3 is 2.56 bits per heavy atom. The largest absolute Gasteiger partial charge is 0.383 e. The Morgan fingerprint density at radius 2 is 2.11 bits per heavy atom. The van der Waals surface area contributed by atoms with Crippen LogP contribution in [0.2, 0.25) is 0 Å². The minimum Gasteiger partial charge on any atom is -0.383 e. The summed E-state index contributed by atoms with van der Waals surface area (Å²) in [6.07, 6.45) is 2.81. The molecule has 0 spiro atoms. The number of ether oxygens (including phenoxy) is 1. The third-order valence-corrected chi connectivity index (χ3v) is 3.20. The van der Waals surface area contributed by atoms with Gasteiger partial charge in [-0.05, 0) is 32.4 Å². The standard InChI is InChI=1S/C14H25N3O/c1-5-13(15)14-8-7-12(9-16-14)17(6-2)11(3)10-18-4/h7-9,11,13H,5-6,10,15H2,1-4H3/t11?,13-/m0/s1. The topological polar surface area (TPSA) is 51.4 Å². The monoisotopic (exact) mass is 251 g/mol. The van der Waals surface area contributed by atoms with Crippen LogP contribution < -0.4 is 10.6 Å². The molecule has 2 atom stereocenters. The zero-order valence-corrected chi connectivity index (χ0v) is 11.9. The Labute approximate surface area is 110 Å². The van der Waals surface area contributed by atoms with Gasteiger partial charge in [-0.1, -0.05) is 6.92 Å². The van der Waals surface area contributed by atoms with Crippen molar-refractivity contribution >= 4 is 5.69 Å². The number of likely N-dealkylation sites (N-methyl/N-ethyl adjacent to an activating group) is 1. The van der Waals surface area contributed by atoms with Crippen molar-refractivity contribution in [1.29, 1.82) is 0 Å². The highest BCUT2D eigenvalue weighted by molar-refractivity contribution is 5.45. The molecule has 102 valence electrons. The predicted octanol–water partition coefficient (Wildman–Crippen LogP) is 2.35. The summed E-state index contributed by atoms with van der Waals surface area (Å²) in [6.45, 7) is 8.01. The van der Waals surface area contributed by atoms with E-state index >= 15 is 0 Å². The Balaban J connectivity index is 2.81. The molecule has 1 rings (SSSR count). The second-order valence-corrected chi connectivity index (χ2v) is 4.55. The molecule has 0 aliphatic heterocycles. The van der Waals surface area contributed by atoms with E-state index < -0.39 is 0 Å². The summed E-state index contributed by atoms with van der Waals surface area (Å²) < 4.78 is 5.21. The van der Waals surface area contributed by atoms with E-state index in [1.54, 1.807) is 7.11 Å². The van der Waals surface area contributed by atoms with Gasteiger partial charge in [0.1, 0.15) is 0 Å². The molecule has 1 aromatic rings. The fourth-order valence-electron chi connectivity index (χ4n) is 2.08. The lowest BCUT2D eigenvalue weighted by atomic mass is 10.1. The normalized spacial score (nSPS) is 14.3. The van der Waals surface area contributed by atoms with Crippen molar-refractivity contribution in [3.05, 3.63) is 24.0 Å². The van der Waals surface area contributed by atoms with E-state index in [0.29, 0.717) is 12.6 Å². The van der Waals surface area contributed by atoms with Crippen LogP contribution in [0.5, 0.6) is 0 Å².